The average molecular weight is 310 g/mol. The van der Waals surface area contributed by atoms with Crippen LogP contribution < -0.4 is 4.90 Å². The molecule has 0 saturated heterocycles. The van der Waals surface area contributed by atoms with E-state index in [4.69, 9.17) is 0 Å². The predicted octanol–water partition coefficient (Wildman–Crippen LogP) is 3.62. The van der Waals surface area contributed by atoms with Crippen molar-refractivity contribution >= 4 is 23.1 Å². The van der Waals surface area contributed by atoms with Crippen molar-refractivity contribution in [3.05, 3.63) is 54.7 Å². The molecule has 2 aromatic heterocycles. The van der Waals surface area contributed by atoms with E-state index < -0.39 is 0 Å². The second-order valence-corrected chi connectivity index (χ2v) is 7.14. The van der Waals surface area contributed by atoms with Gasteiger partial charge < -0.3 is 4.90 Å². The van der Waals surface area contributed by atoms with Crippen molar-refractivity contribution in [2.75, 3.05) is 11.4 Å². The van der Waals surface area contributed by atoms with E-state index in [2.05, 4.69) is 50.5 Å². The van der Waals surface area contributed by atoms with E-state index in [0.717, 1.165) is 18.7 Å². The summed E-state index contributed by atoms with van der Waals surface area (Å²) in [5, 5.41) is 0.650. The van der Waals surface area contributed by atoms with E-state index in [9.17, 15) is 0 Å². The molecule has 0 unspecified atom stereocenters. The number of anilines is 1. The van der Waals surface area contributed by atoms with Crippen molar-refractivity contribution in [3.63, 3.8) is 0 Å². The van der Waals surface area contributed by atoms with Crippen LogP contribution in [0.15, 0.2) is 53.9 Å². The van der Waals surface area contributed by atoms with Gasteiger partial charge in [-0.2, -0.15) is 0 Å². The molecule has 1 atom stereocenters. The first kappa shape index (κ1) is 13.6. The van der Waals surface area contributed by atoms with Gasteiger partial charge in [-0.1, -0.05) is 19.1 Å². The fourth-order valence-corrected chi connectivity index (χ4v) is 4.06. The largest absolute Gasteiger partial charge is 0.365 e. The van der Waals surface area contributed by atoms with Crippen molar-refractivity contribution in [1.29, 1.82) is 0 Å². The van der Waals surface area contributed by atoms with Gasteiger partial charge in [-0.15, -0.1) is 11.8 Å². The van der Waals surface area contributed by atoms with Crippen LogP contribution in [0.2, 0.25) is 0 Å². The Kier molecular flexibility index (Phi) is 3.50. The lowest BCUT2D eigenvalue weighted by molar-refractivity contribution is 0.717. The van der Waals surface area contributed by atoms with Gasteiger partial charge in [0.05, 0.1) is 30.3 Å². The van der Waals surface area contributed by atoms with E-state index in [0.29, 0.717) is 5.25 Å². The van der Waals surface area contributed by atoms with Crippen molar-refractivity contribution < 1.29 is 0 Å². The van der Waals surface area contributed by atoms with Gasteiger partial charge in [0, 0.05) is 29.1 Å². The minimum absolute atomic E-state index is 0.650. The number of rotatable bonds is 2. The Balaban J connectivity index is 1.70. The summed E-state index contributed by atoms with van der Waals surface area (Å²) in [7, 11) is 0. The molecule has 0 bridgehead atoms. The normalized spacial score (nSPS) is 18.2. The molecule has 0 spiro atoms. The van der Waals surface area contributed by atoms with E-state index >= 15 is 0 Å². The first-order valence-electron chi connectivity index (χ1n) is 7.58. The zero-order valence-corrected chi connectivity index (χ0v) is 13.3. The van der Waals surface area contributed by atoms with Gasteiger partial charge in [0.25, 0.3) is 0 Å². The number of para-hydroxylation sites is 1. The molecule has 0 radical (unpaired) electrons. The lowest BCUT2D eigenvalue weighted by Gasteiger charge is -2.24. The Bertz CT molecular complexity index is 798. The molecule has 0 fully saturated rings. The summed E-state index contributed by atoms with van der Waals surface area (Å²) in [4.78, 5) is 12.4. The summed E-state index contributed by atoms with van der Waals surface area (Å²) in [6, 6.07) is 8.71. The maximum absolute atomic E-state index is 4.45. The number of nitrogens with zero attached hydrogens (tertiary/aromatic N) is 4. The maximum Gasteiger partial charge on any atom is 0.155 e. The molecule has 0 amide bonds. The van der Waals surface area contributed by atoms with Crippen LogP contribution in [0.1, 0.15) is 19.0 Å². The highest BCUT2D eigenvalue weighted by molar-refractivity contribution is 8.00. The van der Waals surface area contributed by atoms with Crippen molar-refractivity contribution in [2.24, 2.45) is 0 Å². The Morgan fingerprint density at radius 2 is 2.18 bits per heavy atom. The van der Waals surface area contributed by atoms with Crippen molar-refractivity contribution in [2.45, 2.75) is 30.0 Å². The number of benzene rings is 1. The number of hydrogen-bond donors (Lipinski definition) is 0. The molecule has 3 heterocycles. The second kappa shape index (κ2) is 5.65. The van der Waals surface area contributed by atoms with Crippen molar-refractivity contribution in [3.8, 4) is 0 Å². The maximum atomic E-state index is 4.45. The Labute approximate surface area is 134 Å². The summed E-state index contributed by atoms with van der Waals surface area (Å²) in [5.74, 6) is 0. The summed E-state index contributed by atoms with van der Waals surface area (Å²) in [6.07, 6.45) is 8.75. The number of thioether (sulfide) groups is 1. The molecule has 4 nitrogen and oxygen atoms in total. The van der Waals surface area contributed by atoms with Crippen LogP contribution >= 0.6 is 11.8 Å². The molecule has 1 aliphatic rings. The molecule has 3 aromatic rings. The topological polar surface area (TPSA) is 33.4 Å². The standard InChI is InChI=1S/C17H18N4S/c1-13-6-8-20(15-4-2-3-5-16(15)22-13)12-14-10-19-17-11-18-7-9-21(14)17/h2-5,7,9-11,13H,6,8,12H2,1H3/t13-/m0/s1. The molecule has 1 aliphatic heterocycles. The van der Waals surface area contributed by atoms with E-state index in [-0.39, 0.29) is 0 Å². The SMILES string of the molecule is C[C@H]1CCN(Cc2cnc3cnccn23)c2ccccc2S1. The number of hydrogen-bond acceptors (Lipinski definition) is 4. The van der Waals surface area contributed by atoms with Crippen molar-refractivity contribution in [1.82, 2.24) is 14.4 Å². The number of imidazole rings is 1. The minimum atomic E-state index is 0.650. The lowest BCUT2D eigenvalue weighted by atomic mass is 10.2. The fourth-order valence-electron chi connectivity index (χ4n) is 2.92. The first-order chi connectivity index (χ1) is 10.8. The second-order valence-electron chi connectivity index (χ2n) is 5.66. The summed E-state index contributed by atoms with van der Waals surface area (Å²) in [5.41, 5.74) is 3.44. The minimum Gasteiger partial charge on any atom is -0.365 e. The zero-order valence-electron chi connectivity index (χ0n) is 12.5. The van der Waals surface area contributed by atoms with Crippen LogP contribution in [0.4, 0.5) is 5.69 Å². The van der Waals surface area contributed by atoms with E-state index in [1.54, 1.807) is 6.20 Å². The van der Waals surface area contributed by atoms with Gasteiger partial charge in [-0.05, 0) is 18.6 Å². The van der Waals surface area contributed by atoms with Crippen LogP contribution in [0.25, 0.3) is 5.65 Å². The highest BCUT2D eigenvalue weighted by Crippen LogP contribution is 2.37. The molecule has 5 heteroatoms. The Hall–Kier alpha value is -2.01. The number of aromatic nitrogens is 3. The molecular formula is C17H18N4S. The monoisotopic (exact) mass is 310 g/mol. The molecule has 22 heavy (non-hydrogen) atoms. The highest BCUT2D eigenvalue weighted by Gasteiger charge is 2.20. The van der Waals surface area contributed by atoms with Gasteiger partial charge in [-0.3, -0.25) is 9.38 Å². The Morgan fingerprint density at radius 1 is 1.27 bits per heavy atom. The quantitative estimate of drug-likeness (QED) is 0.724. The van der Waals surface area contributed by atoms with Gasteiger partial charge in [0.15, 0.2) is 5.65 Å². The van der Waals surface area contributed by atoms with Gasteiger partial charge in [0.2, 0.25) is 0 Å². The highest BCUT2D eigenvalue weighted by atomic mass is 32.2. The smallest absolute Gasteiger partial charge is 0.155 e. The molecule has 1 aromatic carbocycles. The van der Waals surface area contributed by atoms with Crippen LogP contribution in [-0.2, 0) is 6.54 Å². The van der Waals surface area contributed by atoms with Gasteiger partial charge >= 0.3 is 0 Å². The molecular weight excluding hydrogens is 292 g/mol. The first-order valence-corrected chi connectivity index (χ1v) is 8.46. The Morgan fingerprint density at radius 3 is 3.14 bits per heavy atom. The van der Waals surface area contributed by atoms with E-state index in [1.165, 1.54) is 22.7 Å². The predicted molar refractivity (Wildman–Crippen MR) is 90.4 cm³/mol. The van der Waals surface area contributed by atoms with Gasteiger partial charge in [0.1, 0.15) is 0 Å². The lowest BCUT2D eigenvalue weighted by Crippen LogP contribution is -2.25. The summed E-state index contributed by atoms with van der Waals surface area (Å²) >= 11 is 1.98. The summed E-state index contributed by atoms with van der Waals surface area (Å²) in [6.45, 7) is 4.25. The van der Waals surface area contributed by atoms with E-state index in [1.807, 2.05) is 30.4 Å². The fraction of sp³-hybridized carbons (Fsp3) is 0.294. The molecule has 112 valence electrons. The zero-order chi connectivity index (χ0) is 14.9. The molecule has 4 rings (SSSR count). The number of fused-ring (bicyclic) bond motifs is 2. The van der Waals surface area contributed by atoms with Crippen LogP contribution in [0.3, 0.4) is 0 Å². The van der Waals surface area contributed by atoms with Crippen LogP contribution in [-0.4, -0.2) is 26.2 Å². The molecule has 0 saturated carbocycles. The third-order valence-electron chi connectivity index (χ3n) is 4.09. The summed E-state index contributed by atoms with van der Waals surface area (Å²) < 4.78 is 2.12. The molecule has 0 N–H and O–H groups in total. The molecule has 0 aliphatic carbocycles. The average Bonchev–Trinajstić information content (AvgIpc) is 2.87. The van der Waals surface area contributed by atoms with Crippen LogP contribution in [0.5, 0.6) is 0 Å². The third-order valence-corrected chi connectivity index (χ3v) is 5.32. The van der Waals surface area contributed by atoms with Crippen LogP contribution in [0, 0.1) is 0 Å². The third kappa shape index (κ3) is 2.46. The van der Waals surface area contributed by atoms with Gasteiger partial charge in [-0.25, -0.2) is 4.98 Å².